The van der Waals surface area contributed by atoms with E-state index in [9.17, 15) is 19.7 Å². The van der Waals surface area contributed by atoms with Crippen LogP contribution >= 0.6 is 11.6 Å². The number of carbonyl (C=O) groups is 2. The number of amides is 2. The Labute approximate surface area is 221 Å². The van der Waals surface area contributed by atoms with Crippen molar-refractivity contribution < 1.29 is 14.5 Å². The van der Waals surface area contributed by atoms with E-state index in [-0.39, 0.29) is 22.8 Å². The second-order valence-electron chi connectivity index (χ2n) is 8.25. The second kappa shape index (κ2) is 10.1. The predicted molar refractivity (Wildman–Crippen MR) is 142 cm³/mol. The van der Waals surface area contributed by atoms with Gasteiger partial charge < -0.3 is 0 Å². The average molecular weight is 527 g/mol. The van der Waals surface area contributed by atoms with Gasteiger partial charge in [-0.15, -0.1) is 0 Å². The van der Waals surface area contributed by atoms with E-state index in [0.29, 0.717) is 22.0 Å². The number of nitro groups is 1. The lowest BCUT2D eigenvalue weighted by Crippen LogP contribution is -2.53. The smallest absolute Gasteiger partial charge is 0.267 e. The van der Waals surface area contributed by atoms with Crippen molar-refractivity contribution in [3.05, 3.63) is 128 Å². The van der Waals surface area contributed by atoms with Crippen molar-refractivity contribution in [3.63, 3.8) is 0 Å². The van der Waals surface area contributed by atoms with Crippen molar-refractivity contribution in [1.82, 2.24) is 20.2 Å². The Hall–Kier alpha value is -5.09. The number of hydrazine groups is 1. The quantitative estimate of drug-likeness (QED) is 0.229. The summed E-state index contributed by atoms with van der Waals surface area (Å²) in [5, 5.41) is 16.8. The molecule has 1 aliphatic heterocycles. The first kappa shape index (κ1) is 24.6. The molecule has 0 saturated heterocycles. The third kappa shape index (κ3) is 4.67. The molecular weight excluding hydrogens is 508 g/mol. The molecule has 0 radical (unpaired) electrons. The maximum absolute atomic E-state index is 13.4. The van der Waals surface area contributed by atoms with Crippen LogP contribution in [0.1, 0.15) is 27.2 Å². The minimum absolute atomic E-state index is 0.0224. The Kier molecular flexibility index (Phi) is 6.55. The van der Waals surface area contributed by atoms with Crippen molar-refractivity contribution >= 4 is 41.0 Å². The van der Waals surface area contributed by atoms with Crippen molar-refractivity contribution in [1.29, 1.82) is 0 Å². The fourth-order valence-electron chi connectivity index (χ4n) is 3.86. The largest absolute Gasteiger partial charge is 0.288 e. The van der Waals surface area contributed by atoms with Crippen molar-refractivity contribution in [2.24, 2.45) is 4.99 Å². The van der Waals surface area contributed by atoms with Crippen LogP contribution in [0.5, 0.6) is 0 Å². The Morgan fingerprint density at radius 3 is 2.26 bits per heavy atom. The molecule has 188 valence electrons. The predicted octanol–water partition coefficient (Wildman–Crippen LogP) is 4.72. The first-order valence-electron chi connectivity index (χ1n) is 11.4. The van der Waals surface area contributed by atoms with E-state index in [4.69, 9.17) is 11.6 Å². The molecular formula is C27H19ClN6O4. The topological polar surface area (TPSA) is 123 Å². The summed E-state index contributed by atoms with van der Waals surface area (Å²) in [6.45, 7) is 1.77. The van der Waals surface area contributed by atoms with Crippen LogP contribution in [0.4, 0.5) is 5.69 Å². The SMILES string of the molecule is Cc1nn(-c2ccccc2)c(Cl)c1/C=C1\N=C(c2ccccc2)N(C(=O)c2ccc([N+](=O)[O-])cc2)NC1=O. The standard InChI is InChI=1S/C27H19ClN6O4/c1-17-22(24(28)32(30-17)20-10-6-3-7-11-20)16-23-26(35)31-33(25(29-23)18-8-4-2-5-9-18)27(36)19-12-14-21(15-13-19)34(37)38/h2-16H,1H3,(H,31,35)/b23-16-. The summed E-state index contributed by atoms with van der Waals surface area (Å²) in [5.74, 6) is -1.08. The summed E-state index contributed by atoms with van der Waals surface area (Å²) in [4.78, 5) is 41.4. The van der Waals surface area contributed by atoms with Gasteiger partial charge in [0.1, 0.15) is 10.9 Å². The number of hydrogen-bond acceptors (Lipinski definition) is 6. The molecule has 1 N–H and O–H groups in total. The van der Waals surface area contributed by atoms with Gasteiger partial charge in [-0.2, -0.15) is 10.1 Å². The molecule has 0 unspecified atom stereocenters. The lowest BCUT2D eigenvalue weighted by Gasteiger charge is -2.28. The summed E-state index contributed by atoms with van der Waals surface area (Å²) >= 11 is 6.64. The number of halogens is 1. The monoisotopic (exact) mass is 526 g/mol. The first-order valence-corrected chi connectivity index (χ1v) is 11.8. The van der Waals surface area contributed by atoms with E-state index in [1.54, 1.807) is 35.9 Å². The Bertz CT molecular complexity index is 1610. The van der Waals surface area contributed by atoms with Gasteiger partial charge >= 0.3 is 0 Å². The number of aliphatic imine (C=N–C) groups is 1. The number of hydrogen-bond donors (Lipinski definition) is 1. The number of aryl methyl sites for hydroxylation is 1. The Morgan fingerprint density at radius 1 is 1.00 bits per heavy atom. The molecule has 3 aromatic carbocycles. The highest BCUT2D eigenvalue weighted by molar-refractivity contribution is 6.31. The highest BCUT2D eigenvalue weighted by atomic mass is 35.5. The lowest BCUT2D eigenvalue weighted by molar-refractivity contribution is -0.384. The molecule has 0 fully saturated rings. The van der Waals surface area contributed by atoms with E-state index >= 15 is 0 Å². The maximum atomic E-state index is 13.4. The van der Waals surface area contributed by atoms with E-state index in [2.05, 4.69) is 15.5 Å². The number of amidine groups is 1. The Balaban J connectivity index is 1.57. The van der Waals surface area contributed by atoms with Crippen LogP contribution in [-0.4, -0.2) is 37.4 Å². The van der Waals surface area contributed by atoms with E-state index < -0.39 is 16.7 Å². The summed E-state index contributed by atoms with van der Waals surface area (Å²) in [6, 6.07) is 23.3. The van der Waals surface area contributed by atoms with Gasteiger partial charge in [-0.1, -0.05) is 60.1 Å². The molecule has 2 amide bonds. The third-order valence-corrected chi connectivity index (χ3v) is 6.14. The zero-order chi connectivity index (χ0) is 26.8. The molecule has 5 rings (SSSR count). The normalized spacial score (nSPS) is 14.3. The van der Waals surface area contributed by atoms with Crippen LogP contribution in [-0.2, 0) is 4.79 Å². The molecule has 0 atom stereocenters. The van der Waals surface area contributed by atoms with Gasteiger partial charge in [-0.25, -0.2) is 9.67 Å². The molecule has 0 bridgehead atoms. The van der Waals surface area contributed by atoms with Gasteiger partial charge in [-0.3, -0.25) is 25.1 Å². The second-order valence-corrected chi connectivity index (χ2v) is 8.61. The summed E-state index contributed by atoms with van der Waals surface area (Å²) in [6.07, 6.45) is 1.52. The third-order valence-electron chi connectivity index (χ3n) is 5.77. The summed E-state index contributed by atoms with van der Waals surface area (Å²) in [5.41, 5.74) is 5.00. The first-order chi connectivity index (χ1) is 18.3. The molecule has 4 aromatic rings. The number of non-ortho nitro benzene ring substituents is 1. The molecule has 0 saturated carbocycles. The van der Waals surface area contributed by atoms with Crippen LogP contribution < -0.4 is 5.43 Å². The van der Waals surface area contributed by atoms with Crippen LogP contribution in [0.3, 0.4) is 0 Å². The number of aromatic nitrogens is 2. The number of nitrogens with one attached hydrogen (secondary N) is 1. The van der Waals surface area contributed by atoms with Gasteiger partial charge in [0.05, 0.1) is 16.3 Å². The van der Waals surface area contributed by atoms with Gasteiger partial charge in [0, 0.05) is 28.8 Å². The molecule has 11 heteroatoms. The van der Waals surface area contributed by atoms with Gasteiger partial charge in [-0.05, 0) is 37.3 Å². The highest BCUT2D eigenvalue weighted by Gasteiger charge is 2.31. The van der Waals surface area contributed by atoms with Crippen LogP contribution in [0.2, 0.25) is 5.15 Å². The highest BCUT2D eigenvalue weighted by Crippen LogP contribution is 2.27. The number of carbonyl (C=O) groups excluding carboxylic acids is 2. The fourth-order valence-corrected chi connectivity index (χ4v) is 4.19. The number of para-hydroxylation sites is 1. The number of benzene rings is 3. The van der Waals surface area contributed by atoms with E-state index in [0.717, 1.165) is 10.7 Å². The molecule has 0 aliphatic carbocycles. The molecule has 1 aromatic heterocycles. The summed E-state index contributed by atoms with van der Waals surface area (Å²) < 4.78 is 1.57. The van der Waals surface area contributed by atoms with Gasteiger partial charge in [0.15, 0.2) is 5.84 Å². The molecule has 1 aliphatic rings. The number of nitrogens with zero attached hydrogens (tertiary/aromatic N) is 5. The number of rotatable bonds is 5. The van der Waals surface area contributed by atoms with Crippen molar-refractivity contribution in [2.45, 2.75) is 6.92 Å². The molecule has 10 nitrogen and oxygen atoms in total. The molecule has 2 heterocycles. The van der Waals surface area contributed by atoms with Crippen LogP contribution in [0, 0.1) is 17.0 Å². The minimum Gasteiger partial charge on any atom is -0.267 e. The van der Waals surface area contributed by atoms with E-state index in [1.165, 1.54) is 30.3 Å². The van der Waals surface area contributed by atoms with Crippen molar-refractivity contribution in [3.8, 4) is 5.69 Å². The average Bonchev–Trinajstić information content (AvgIpc) is 3.23. The zero-order valence-electron chi connectivity index (χ0n) is 19.9. The van der Waals surface area contributed by atoms with Gasteiger partial charge in [0.2, 0.25) is 0 Å². The van der Waals surface area contributed by atoms with Gasteiger partial charge in [0.25, 0.3) is 17.5 Å². The van der Waals surface area contributed by atoms with E-state index in [1.807, 2.05) is 36.4 Å². The van der Waals surface area contributed by atoms with Crippen LogP contribution in [0.15, 0.2) is 95.6 Å². The molecule has 0 spiro atoms. The number of nitro benzene ring substituents is 1. The van der Waals surface area contributed by atoms with Crippen molar-refractivity contribution in [2.75, 3.05) is 0 Å². The van der Waals surface area contributed by atoms with Crippen LogP contribution in [0.25, 0.3) is 11.8 Å². The fraction of sp³-hybridized carbons (Fsp3) is 0.0370. The Morgan fingerprint density at radius 2 is 1.63 bits per heavy atom. The zero-order valence-corrected chi connectivity index (χ0v) is 20.7. The minimum atomic E-state index is -0.636. The molecule has 38 heavy (non-hydrogen) atoms. The summed E-state index contributed by atoms with van der Waals surface area (Å²) in [7, 11) is 0. The maximum Gasteiger partial charge on any atom is 0.288 e. The lowest BCUT2D eigenvalue weighted by atomic mass is 10.1.